The van der Waals surface area contributed by atoms with Crippen molar-refractivity contribution in [1.29, 1.82) is 0 Å². The molecule has 0 bridgehead atoms. The van der Waals surface area contributed by atoms with Gasteiger partial charge in [0.25, 0.3) is 0 Å². The third-order valence-electron chi connectivity index (χ3n) is 18.4. The van der Waals surface area contributed by atoms with Gasteiger partial charge >= 0.3 is 12.4 Å². The van der Waals surface area contributed by atoms with E-state index in [4.69, 9.17) is 0 Å². The van der Waals surface area contributed by atoms with Crippen molar-refractivity contribution >= 4 is 0 Å². The highest BCUT2D eigenvalue weighted by Crippen LogP contribution is 2.36. The Morgan fingerprint density at radius 2 is 0.474 bits per heavy atom. The van der Waals surface area contributed by atoms with E-state index in [9.17, 15) is 30.7 Å². The van der Waals surface area contributed by atoms with Crippen LogP contribution in [-0.4, -0.2) is 0 Å². The second-order valence-corrected chi connectivity index (χ2v) is 28.5. The van der Waals surface area contributed by atoms with Gasteiger partial charge in [-0.3, -0.25) is 0 Å². The molecule has 0 aliphatic heterocycles. The molecule has 0 N–H and O–H groups in total. The van der Waals surface area contributed by atoms with Gasteiger partial charge in [0.2, 0.25) is 0 Å². The summed E-state index contributed by atoms with van der Waals surface area (Å²) in [4.78, 5) is 0. The second-order valence-electron chi connectivity index (χ2n) is 28.5. The second kappa shape index (κ2) is 38.3. The molecule has 8 rings (SSSR count). The summed E-state index contributed by atoms with van der Waals surface area (Å²) in [6, 6.07) is 34.4. The van der Waals surface area contributed by atoms with E-state index in [-0.39, 0.29) is 11.7 Å². The van der Waals surface area contributed by atoms with E-state index in [1.807, 2.05) is 33.8 Å². The van der Waals surface area contributed by atoms with Crippen LogP contribution >= 0.6 is 0 Å². The third kappa shape index (κ3) is 28.1. The predicted molar refractivity (Wildman–Crippen MR) is 401 cm³/mol. The molecule has 0 unspecified atom stereocenters. The Bertz CT molecular complexity index is 3570. The normalized spacial score (nSPS) is 11.0. The minimum Gasteiger partial charge on any atom is -0.207 e. The van der Waals surface area contributed by atoms with E-state index in [0.717, 1.165) is 22.3 Å². The SMILES string of the molecule is Cc1cc(C(C)C)cc(C(F)(F)F)c1C.Cc1cc(C(C)C)cc(C)c1C.Cc1cc(C(C)C)cc(F)c1C.Cc1cc(C)c(C)c(C(C)C)c1.Cc1cc(C)c(C)c(C(C)C)c1.Cc1cc(C)c(C)c(C(F)(F)F)c1.Cc1cc(C)c(C)c(C)c1.Cc1ccc(C)c(C)c1. The molecule has 0 amide bonds. The van der Waals surface area contributed by atoms with Gasteiger partial charge in [0, 0.05) is 0 Å². The molecular weight excluding hydrogens is 1190 g/mol. The molecule has 0 radical (unpaired) electrons. The maximum Gasteiger partial charge on any atom is 0.416 e. The third-order valence-corrected chi connectivity index (χ3v) is 18.4. The number of rotatable bonds is 5. The van der Waals surface area contributed by atoms with E-state index in [0.29, 0.717) is 51.5 Å². The molecule has 0 aromatic heterocycles. The maximum absolute atomic E-state index is 13.2. The van der Waals surface area contributed by atoms with Gasteiger partial charge in [-0.2, -0.15) is 26.3 Å². The molecule has 0 aliphatic rings. The van der Waals surface area contributed by atoms with Gasteiger partial charge in [-0.25, -0.2) is 4.39 Å². The molecule has 0 nitrogen and oxygen atoms in total. The molecule has 0 saturated carbocycles. The lowest BCUT2D eigenvalue weighted by molar-refractivity contribution is -0.139. The Balaban J connectivity index is 0.000000545. The van der Waals surface area contributed by atoms with Crippen molar-refractivity contribution in [1.82, 2.24) is 0 Å². The number of alkyl halides is 6. The monoisotopic (exact) mass is 1310 g/mol. The number of hydrogen-bond donors (Lipinski definition) is 0. The topological polar surface area (TPSA) is 0 Å². The Kier molecular flexibility index (Phi) is 34.8. The van der Waals surface area contributed by atoms with Crippen molar-refractivity contribution < 1.29 is 30.7 Å². The molecule has 0 saturated heterocycles. The van der Waals surface area contributed by atoms with Gasteiger partial charge < -0.3 is 0 Å². The zero-order valence-corrected chi connectivity index (χ0v) is 64.8. The van der Waals surface area contributed by atoms with Gasteiger partial charge in [0.1, 0.15) is 5.82 Å². The Morgan fingerprint density at radius 1 is 0.221 bits per heavy atom. The molecule has 7 heteroatoms. The van der Waals surface area contributed by atoms with Crippen molar-refractivity contribution in [2.24, 2.45) is 0 Å². The lowest BCUT2D eigenvalue weighted by Crippen LogP contribution is -2.10. The summed E-state index contributed by atoms with van der Waals surface area (Å²) in [5, 5.41) is 0. The van der Waals surface area contributed by atoms with Crippen LogP contribution in [0.3, 0.4) is 0 Å². The van der Waals surface area contributed by atoms with Crippen molar-refractivity contribution in [3.8, 4) is 0 Å². The standard InChI is InChI=1S/C12H15F3.3C12H18.C11H15F.C10H11F3.C10H14.C9H12/c1-7(2)10-5-8(3)9(4)11(6-10)12(13,14)15;1-8(2)12-6-9(3)11(5)10(4)7-12;2*1-8(2)12-7-9(3)6-10(4)11(12)5;1-7(2)10-5-8(3)9(4)11(12)6-10;1-6-4-7(2)8(3)9(5-6)10(11,12)13;1-7-5-8(2)10(4)9(3)6-7;1-7-4-5-8(2)9(3)6-7/h5-7H,1-4H3;3*6-8H,1-5H3;5-7H,1-4H3;4-5H,1-3H3;5-6H,1-4H3;4-6H,1-3H3. The quantitative estimate of drug-likeness (QED) is 0.151. The fourth-order valence-electron chi connectivity index (χ4n) is 10.9. The first-order chi connectivity index (χ1) is 43.4. The van der Waals surface area contributed by atoms with Crippen LogP contribution in [0.4, 0.5) is 30.7 Å². The fraction of sp³-hybridized carbons (Fsp3) is 0.455. The van der Waals surface area contributed by atoms with E-state index < -0.39 is 23.5 Å². The summed E-state index contributed by atoms with van der Waals surface area (Å²) in [5.74, 6) is 2.36. The van der Waals surface area contributed by atoms with Gasteiger partial charge in [-0.15, -0.1) is 0 Å². The van der Waals surface area contributed by atoms with E-state index in [1.165, 1.54) is 132 Å². The summed E-state index contributed by atoms with van der Waals surface area (Å²) in [6.45, 7) is 68.0. The molecule has 0 heterocycles. The Morgan fingerprint density at radius 3 is 0.779 bits per heavy atom. The fourth-order valence-corrected chi connectivity index (χ4v) is 10.9. The number of hydrogen-bond acceptors (Lipinski definition) is 0. The summed E-state index contributed by atoms with van der Waals surface area (Å²) < 4.78 is 88.4. The van der Waals surface area contributed by atoms with Crippen molar-refractivity contribution in [2.75, 3.05) is 0 Å². The minimum absolute atomic E-state index is 0.0845. The average molecular weight is 1310 g/mol. The largest absolute Gasteiger partial charge is 0.416 e. The van der Waals surface area contributed by atoms with Gasteiger partial charge in [0.15, 0.2) is 0 Å². The average Bonchev–Trinajstić information content (AvgIpc) is 0.824. The van der Waals surface area contributed by atoms with Crippen LogP contribution in [0.5, 0.6) is 0 Å². The summed E-state index contributed by atoms with van der Waals surface area (Å²) in [5.41, 5.74) is 32.2. The Labute approximate surface area is 574 Å². The molecule has 522 valence electrons. The molecule has 0 aliphatic carbocycles. The Hall–Kier alpha value is -6.73. The zero-order chi connectivity index (χ0) is 73.8. The van der Waals surface area contributed by atoms with E-state index in [1.54, 1.807) is 32.9 Å². The van der Waals surface area contributed by atoms with Crippen LogP contribution in [0.25, 0.3) is 0 Å². The van der Waals surface area contributed by atoms with Crippen LogP contribution in [0.1, 0.15) is 266 Å². The van der Waals surface area contributed by atoms with E-state index in [2.05, 4.69) is 239 Å². The highest BCUT2D eigenvalue weighted by atomic mass is 19.4. The first-order valence-electron chi connectivity index (χ1n) is 33.9. The van der Waals surface area contributed by atoms with Crippen LogP contribution in [-0.2, 0) is 12.4 Å². The summed E-state index contributed by atoms with van der Waals surface area (Å²) in [7, 11) is 0. The van der Waals surface area contributed by atoms with Crippen molar-refractivity contribution in [2.45, 2.75) is 270 Å². The van der Waals surface area contributed by atoms with Crippen LogP contribution in [0, 0.1) is 165 Å². The van der Waals surface area contributed by atoms with Crippen LogP contribution in [0.15, 0.2) is 103 Å². The molecule has 0 atom stereocenters. The predicted octanol–water partition coefficient (Wildman–Crippen LogP) is 28.4. The molecule has 0 spiro atoms. The van der Waals surface area contributed by atoms with Crippen molar-refractivity contribution in [3.63, 3.8) is 0 Å². The summed E-state index contributed by atoms with van der Waals surface area (Å²) in [6.07, 6.45) is -8.49. The lowest BCUT2D eigenvalue weighted by atomic mass is 9.93. The van der Waals surface area contributed by atoms with Crippen LogP contribution in [0.2, 0.25) is 0 Å². The van der Waals surface area contributed by atoms with Gasteiger partial charge in [0.05, 0.1) is 11.1 Å². The highest BCUT2D eigenvalue weighted by molar-refractivity contribution is 5.44. The number of aryl methyl sites for hydroxylation is 16. The molecule has 8 aromatic carbocycles. The van der Waals surface area contributed by atoms with Crippen molar-refractivity contribution in [3.05, 3.63) is 276 Å². The maximum atomic E-state index is 13.2. The molecule has 8 aromatic rings. The first kappa shape index (κ1) is 86.3. The first-order valence-corrected chi connectivity index (χ1v) is 33.9. The molecular formula is C88H121F7. The van der Waals surface area contributed by atoms with E-state index >= 15 is 0 Å². The minimum atomic E-state index is -4.25. The zero-order valence-electron chi connectivity index (χ0n) is 64.8. The lowest BCUT2D eigenvalue weighted by Gasteiger charge is -2.16. The smallest absolute Gasteiger partial charge is 0.207 e. The summed E-state index contributed by atoms with van der Waals surface area (Å²) >= 11 is 0. The molecule has 0 fully saturated rings. The highest BCUT2D eigenvalue weighted by Gasteiger charge is 2.34. The number of benzene rings is 8. The van der Waals surface area contributed by atoms with Crippen LogP contribution < -0.4 is 0 Å². The van der Waals surface area contributed by atoms with Gasteiger partial charge in [-0.1, -0.05) is 182 Å². The van der Waals surface area contributed by atoms with Gasteiger partial charge in [-0.05, 0) is 335 Å². The number of halogens is 7. The molecule has 95 heavy (non-hydrogen) atoms.